The molecule has 2 fully saturated rings. The third-order valence-corrected chi connectivity index (χ3v) is 7.40. The van der Waals surface area contributed by atoms with E-state index < -0.39 is 41.3 Å². The Bertz CT molecular complexity index is 1290. The van der Waals surface area contributed by atoms with Crippen molar-refractivity contribution in [3.8, 4) is 0 Å². The maximum atomic E-state index is 13.3. The first kappa shape index (κ1) is 24.4. The van der Waals surface area contributed by atoms with Crippen molar-refractivity contribution in [1.29, 1.82) is 0 Å². The molecule has 0 radical (unpaired) electrons. The number of nitro benzene ring substituents is 1. The zero-order valence-electron chi connectivity index (χ0n) is 20.0. The van der Waals surface area contributed by atoms with Crippen molar-refractivity contribution in [3.05, 3.63) is 81.9 Å². The van der Waals surface area contributed by atoms with Gasteiger partial charge >= 0.3 is 5.97 Å². The Morgan fingerprint density at radius 3 is 2.35 bits per heavy atom. The van der Waals surface area contributed by atoms with E-state index in [0.717, 1.165) is 16.9 Å². The average molecular weight is 504 g/mol. The second-order valence-corrected chi connectivity index (χ2v) is 9.67. The van der Waals surface area contributed by atoms with Crippen LogP contribution < -0.4 is 5.32 Å². The van der Waals surface area contributed by atoms with Crippen LogP contribution >= 0.6 is 0 Å². The van der Waals surface area contributed by atoms with Crippen LogP contribution in [0.5, 0.6) is 0 Å². The van der Waals surface area contributed by atoms with Gasteiger partial charge in [-0.25, -0.2) is 4.79 Å². The number of aryl methyl sites for hydroxylation is 1. The number of nitrogens with zero attached hydrogens (tertiary/aromatic N) is 2. The molecule has 1 heterocycles. The predicted octanol–water partition coefficient (Wildman–Crippen LogP) is 2.80. The van der Waals surface area contributed by atoms with Crippen LogP contribution in [0.1, 0.15) is 17.5 Å². The van der Waals surface area contributed by atoms with Gasteiger partial charge in [-0.1, -0.05) is 48.6 Å². The number of likely N-dealkylation sites (tertiary alicyclic amines) is 1. The van der Waals surface area contributed by atoms with Crippen molar-refractivity contribution in [2.45, 2.75) is 25.8 Å². The van der Waals surface area contributed by atoms with Crippen LogP contribution in [-0.2, 0) is 30.3 Å². The lowest BCUT2D eigenvalue weighted by atomic mass is 9.85. The molecule has 1 saturated carbocycles. The Balaban J connectivity index is 1.30. The molecule has 2 aliphatic carbocycles. The minimum absolute atomic E-state index is 0.00538. The van der Waals surface area contributed by atoms with Gasteiger partial charge in [-0.3, -0.25) is 29.4 Å². The molecule has 2 aromatic carbocycles. The summed E-state index contributed by atoms with van der Waals surface area (Å²) in [7, 11) is 0. The van der Waals surface area contributed by atoms with Crippen LogP contribution in [0.4, 0.5) is 11.4 Å². The fourth-order valence-electron chi connectivity index (χ4n) is 5.66. The first-order chi connectivity index (χ1) is 17.7. The number of carbonyl (C=O) groups is 4. The van der Waals surface area contributed by atoms with E-state index in [2.05, 4.69) is 5.32 Å². The van der Waals surface area contributed by atoms with Crippen LogP contribution in [0.15, 0.2) is 60.7 Å². The molecule has 2 bridgehead atoms. The van der Waals surface area contributed by atoms with Gasteiger partial charge < -0.3 is 10.1 Å². The number of benzene rings is 2. The van der Waals surface area contributed by atoms with Crippen LogP contribution in [0.25, 0.3) is 0 Å². The van der Waals surface area contributed by atoms with Gasteiger partial charge in [0.15, 0.2) is 6.61 Å². The van der Waals surface area contributed by atoms with Crippen molar-refractivity contribution < 1.29 is 28.8 Å². The molecule has 37 heavy (non-hydrogen) atoms. The summed E-state index contributed by atoms with van der Waals surface area (Å²) in [4.78, 5) is 64.0. The Kier molecular flexibility index (Phi) is 6.32. The van der Waals surface area contributed by atoms with Crippen molar-refractivity contribution in [2.24, 2.45) is 23.7 Å². The van der Waals surface area contributed by atoms with Gasteiger partial charge in [-0.05, 0) is 36.8 Å². The quantitative estimate of drug-likeness (QED) is 0.192. The van der Waals surface area contributed by atoms with E-state index in [-0.39, 0.29) is 41.4 Å². The topological polar surface area (TPSA) is 136 Å². The second-order valence-electron chi connectivity index (χ2n) is 9.67. The number of hydrogen-bond acceptors (Lipinski definition) is 7. The van der Waals surface area contributed by atoms with Gasteiger partial charge in [-0.15, -0.1) is 0 Å². The minimum Gasteiger partial charge on any atom is -0.454 e. The molecule has 0 aromatic heterocycles. The first-order valence-corrected chi connectivity index (χ1v) is 12.1. The van der Waals surface area contributed by atoms with E-state index in [1.807, 2.05) is 18.2 Å². The van der Waals surface area contributed by atoms with Gasteiger partial charge in [-0.2, -0.15) is 0 Å². The number of hydrogen-bond donors (Lipinski definition) is 1. The summed E-state index contributed by atoms with van der Waals surface area (Å²) in [6.45, 7) is 0.899. The highest BCUT2D eigenvalue weighted by molar-refractivity contribution is 6.09. The van der Waals surface area contributed by atoms with Gasteiger partial charge in [0.2, 0.25) is 11.8 Å². The number of anilines is 1. The summed E-state index contributed by atoms with van der Waals surface area (Å²) in [5, 5.41) is 13.6. The normalized spacial score (nSPS) is 24.2. The summed E-state index contributed by atoms with van der Waals surface area (Å²) in [6.07, 6.45) is 4.78. The van der Waals surface area contributed by atoms with Gasteiger partial charge in [0.25, 0.3) is 11.6 Å². The molecule has 190 valence electrons. The van der Waals surface area contributed by atoms with E-state index >= 15 is 0 Å². The van der Waals surface area contributed by atoms with Crippen LogP contribution in [0.2, 0.25) is 0 Å². The highest BCUT2D eigenvalue weighted by atomic mass is 16.6. The number of fused-ring (bicyclic) bond motifs is 5. The number of nitrogens with one attached hydrogen (secondary N) is 1. The SMILES string of the molecule is Cc1ccc(NC(=O)COC(=O)[C@H](Cc2ccccc2)N2C(=O)[C@@H]3[C@@H](C2=O)[C@H]2C=C[C@H]3C2)cc1[N+](=O)[O-]. The maximum Gasteiger partial charge on any atom is 0.330 e. The molecule has 3 amide bonds. The lowest BCUT2D eigenvalue weighted by molar-refractivity contribution is -0.385. The number of imide groups is 1. The standard InChI is InChI=1S/C27H25N3O7/c1-15-7-10-19(13-20(15)30(35)36)28-22(31)14-37-27(34)21(11-16-5-3-2-4-6-16)29-25(32)23-17-8-9-18(12-17)24(23)26(29)33/h2-10,13,17-18,21,23-24H,11-12,14H2,1H3,(H,28,31)/t17-,18-,21-,23-,24-/m0/s1. The third-order valence-electron chi connectivity index (χ3n) is 7.40. The van der Waals surface area contributed by atoms with E-state index in [9.17, 15) is 29.3 Å². The number of allylic oxidation sites excluding steroid dienone is 2. The number of ether oxygens (including phenoxy) is 1. The molecule has 0 spiro atoms. The molecule has 1 saturated heterocycles. The summed E-state index contributed by atoms with van der Waals surface area (Å²) in [5.41, 5.74) is 1.20. The van der Waals surface area contributed by atoms with Crippen molar-refractivity contribution in [1.82, 2.24) is 4.90 Å². The van der Waals surface area contributed by atoms with Gasteiger partial charge in [0.05, 0.1) is 16.8 Å². The van der Waals surface area contributed by atoms with Gasteiger partial charge in [0.1, 0.15) is 6.04 Å². The molecule has 5 rings (SSSR count). The van der Waals surface area contributed by atoms with Crippen molar-refractivity contribution in [2.75, 3.05) is 11.9 Å². The molecule has 1 N–H and O–H groups in total. The van der Waals surface area contributed by atoms with Crippen molar-refractivity contribution >= 4 is 35.1 Å². The smallest absolute Gasteiger partial charge is 0.330 e. The molecular weight excluding hydrogens is 478 g/mol. The van der Waals surface area contributed by atoms with Crippen LogP contribution in [0.3, 0.4) is 0 Å². The minimum atomic E-state index is -1.21. The number of esters is 1. The fraction of sp³-hybridized carbons (Fsp3) is 0.333. The largest absolute Gasteiger partial charge is 0.454 e. The third kappa shape index (κ3) is 4.50. The monoisotopic (exact) mass is 503 g/mol. The fourth-order valence-corrected chi connectivity index (χ4v) is 5.66. The molecular formula is C27H25N3O7. The first-order valence-electron chi connectivity index (χ1n) is 12.1. The average Bonchev–Trinajstić information content (AvgIpc) is 3.56. The zero-order chi connectivity index (χ0) is 26.3. The van der Waals surface area contributed by atoms with Crippen LogP contribution in [0, 0.1) is 40.7 Å². The predicted molar refractivity (Wildman–Crippen MR) is 131 cm³/mol. The molecule has 10 nitrogen and oxygen atoms in total. The number of rotatable bonds is 8. The molecule has 3 aliphatic rings. The Morgan fingerprint density at radius 1 is 1.08 bits per heavy atom. The Labute approximate surface area is 212 Å². The second kappa shape index (κ2) is 9.61. The summed E-state index contributed by atoms with van der Waals surface area (Å²) in [6, 6.07) is 12.0. The van der Waals surface area contributed by atoms with E-state index in [1.54, 1.807) is 31.2 Å². The Morgan fingerprint density at radius 2 is 1.73 bits per heavy atom. The lowest BCUT2D eigenvalue weighted by Gasteiger charge is -2.26. The summed E-state index contributed by atoms with van der Waals surface area (Å²) in [5.74, 6) is -3.26. The van der Waals surface area contributed by atoms with E-state index in [1.165, 1.54) is 18.2 Å². The number of carbonyl (C=O) groups excluding carboxylic acids is 4. The van der Waals surface area contributed by atoms with E-state index in [4.69, 9.17) is 4.74 Å². The summed E-state index contributed by atoms with van der Waals surface area (Å²) >= 11 is 0. The Hall–Kier alpha value is -4.34. The molecule has 10 heteroatoms. The number of amides is 3. The van der Waals surface area contributed by atoms with Crippen molar-refractivity contribution in [3.63, 3.8) is 0 Å². The maximum absolute atomic E-state index is 13.3. The molecule has 1 aliphatic heterocycles. The number of nitro groups is 1. The molecule has 2 aromatic rings. The van der Waals surface area contributed by atoms with E-state index in [0.29, 0.717) is 5.56 Å². The highest BCUT2D eigenvalue weighted by Gasteiger charge is 2.61. The summed E-state index contributed by atoms with van der Waals surface area (Å²) < 4.78 is 5.27. The lowest BCUT2D eigenvalue weighted by Crippen LogP contribution is -2.48. The molecule has 0 unspecified atom stereocenters. The van der Waals surface area contributed by atoms with Crippen LogP contribution in [-0.4, -0.2) is 46.2 Å². The highest BCUT2D eigenvalue weighted by Crippen LogP contribution is 2.53. The molecule has 5 atom stereocenters. The van der Waals surface area contributed by atoms with Gasteiger partial charge in [0, 0.05) is 23.7 Å². The zero-order valence-corrected chi connectivity index (χ0v) is 20.0.